The average molecular weight is 916 g/mol. The van der Waals surface area contributed by atoms with Crippen LogP contribution in [-0.2, 0) is 21.1 Å². The minimum absolute atomic E-state index is 0. The molecular weight excluding hydrogens is 880 g/mol. The molecule has 0 aliphatic rings. The zero-order valence-electron chi connectivity index (χ0n) is 31.3. The predicted molar refractivity (Wildman–Crippen MR) is 225 cm³/mol. The van der Waals surface area contributed by atoms with Crippen LogP contribution in [-0.4, -0.2) is 14.1 Å². The third kappa shape index (κ3) is 6.54. The van der Waals surface area contributed by atoms with Crippen molar-refractivity contribution in [2.45, 2.75) is 19.8 Å². The van der Waals surface area contributed by atoms with Crippen LogP contribution in [0.3, 0.4) is 0 Å². The summed E-state index contributed by atoms with van der Waals surface area (Å²) in [6, 6.07) is 65.9. The Morgan fingerprint density at radius 2 is 1.25 bits per heavy atom. The van der Waals surface area contributed by atoms with Gasteiger partial charge in [0.05, 0.1) is 16.7 Å². The first kappa shape index (κ1) is 36.1. The van der Waals surface area contributed by atoms with E-state index in [1.54, 1.807) is 0 Å². The molecule has 0 aliphatic carbocycles. The second kappa shape index (κ2) is 15.2. The first-order valence-corrected chi connectivity index (χ1v) is 18.9. The summed E-state index contributed by atoms with van der Waals surface area (Å²) in [7, 11) is 0. The molecule has 7 aromatic carbocycles. The van der Waals surface area contributed by atoms with E-state index in [0.717, 1.165) is 72.3 Å². The van der Waals surface area contributed by atoms with Crippen LogP contribution >= 0.6 is 0 Å². The second-order valence-corrected chi connectivity index (χ2v) is 14.2. The zero-order valence-corrected chi connectivity index (χ0v) is 33.6. The maximum Gasteiger partial charge on any atom is 0.268 e. The molecule has 10 aromatic rings. The van der Waals surface area contributed by atoms with E-state index in [1.807, 2.05) is 30.5 Å². The molecular formula is C51H36N4OPt-2. The Morgan fingerprint density at radius 1 is 0.596 bits per heavy atom. The Balaban J connectivity index is 0.00000422. The van der Waals surface area contributed by atoms with Crippen LogP contribution in [0.25, 0.3) is 72.3 Å². The fourth-order valence-electron chi connectivity index (χ4n) is 7.72. The third-order valence-corrected chi connectivity index (χ3v) is 10.4. The number of rotatable bonds is 8. The predicted octanol–water partition coefficient (Wildman–Crippen LogP) is 12.0. The van der Waals surface area contributed by atoms with Crippen molar-refractivity contribution in [3.8, 4) is 50.9 Å². The maximum atomic E-state index is 6.58. The largest absolute Gasteiger partial charge is 0.510 e. The Labute approximate surface area is 346 Å². The van der Waals surface area contributed by atoms with E-state index in [2.05, 4.69) is 192 Å². The van der Waals surface area contributed by atoms with Gasteiger partial charge in [0.2, 0.25) is 0 Å². The molecule has 5 nitrogen and oxygen atoms in total. The Kier molecular flexibility index (Phi) is 9.61. The van der Waals surface area contributed by atoms with E-state index in [0.29, 0.717) is 17.4 Å². The van der Waals surface area contributed by atoms with E-state index < -0.39 is 0 Å². The fraction of sp³-hybridized carbons (Fsp3) is 0.0588. The van der Waals surface area contributed by atoms with Gasteiger partial charge < -0.3 is 13.9 Å². The summed E-state index contributed by atoms with van der Waals surface area (Å²) < 4.78 is 13.0. The van der Waals surface area contributed by atoms with Crippen molar-refractivity contribution in [3.05, 3.63) is 200 Å². The summed E-state index contributed by atoms with van der Waals surface area (Å²) in [5.41, 5.74) is 11.6. The molecule has 278 valence electrons. The Bertz CT molecular complexity index is 2980. The number of pyridine rings is 1. The number of fused-ring (bicyclic) bond motifs is 4. The number of imidazole rings is 1. The molecule has 3 heterocycles. The van der Waals surface area contributed by atoms with E-state index in [1.165, 1.54) is 5.56 Å². The summed E-state index contributed by atoms with van der Waals surface area (Å²) in [4.78, 5) is 4.80. The van der Waals surface area contributed by atoms with Crippen molar-refractivity contribution in [2.75, 3.05) is 0 Å². The van der Waals surface area contributed by atoms with Crippen molar-refractivity contribution in [1.82, 2.24) is 14.1 Å². The molecule has 57 heavy (non-hydrogen) atoms. The van der Waals surface area contributed by atoms with Gasteiger partial charge in [-0.05, 0) is 63.0 Å². The van der Waals surface area contributed by atoms with E-state index in [9.17, 15) is 0 Å². The molecule has 0 amide bonds. The summed E-state index contributed by atoms with van der Waals surface area (Å²) in [5, 5.41) is 2.23. The van der Waals surface area contributed by atoms with E-state index in [-0.39, 0.29) is 21.1 Å². The van der Waals surface area contributed by atoms with Crippen molar-refractivity contribution < 1.29 is 30.4 Å². The van der Waals surface area contributed by atoms with Crippen molar-refractivity contribution in [3.63, 3.8) is 0 Å². The van der Waals surface area contributed by atoms with Crippen LogP contribution in [0.5, 0.6) is 11.5 Å². The fourth-order valence-corrected chi connectivity index (χ4v) is 7.72. The van der Waals surface area contributed by atoms with Crippen LogP contribution < -0.4 is 9.30 Å². The summed E-state index contributed by atoms with van der Waals surface area (Å²) >= 11 is 0. The van der Waals surface area contributed by atoms with Gasteiger partial charge in [0.1, 0.15) is 5.82 Å². The topological polar surface area (TPSA) is 35.9 Å². The van der Waals surface area contributed by atoms with Crippen molar-refractivity contribution >= 4 is 32.8 Å². The van der Waals surface area contributed by atoms with Gasteiger partial charge in [0.25, 0.3) is 6.33 Å². The van der Waals surface area contributed by atoms with Crippen LogP contribution in [0.15, 0.2) is 176 Å². The number of benzene rings is 7. The van der Waals surface area contributed by atoms with Crippen LogP contribution in [0.2, 0.25) is 0 Å². The molecule has 0 saturated heterocycles. The quantitative estimate of drug-likeness (QED) is 0.112. The molecule has 0 atom stereocenters. The number of nitrogens with zero attached hydrogens (tertiary/aromatic N) is 4. The zero-order chi connectivity index (χ0) is 37.6. The average Bonchev–Trinajstić information content (AvgIpc) is 3.80. The van der Waals surface area contributed by atoms with E-state index in [4.69, 9.17) is 9.72 Å². The molecule has 6 heteroatoms. The number of aromatic nitrogens is 4. The second-order valence-electron chi connectivity index (χ2n) is 14.2. The Hall–Kier alpha value is -6.55. The first-order valence-electron chi connectivity index (χ1n) is 18.9. The Morgan fingerprint density at radius 3 is 1.98 bits per heavy atom. The standard InChI is InChI=1S/C51H36N4O.Pt/c1-35(2)38-29-30-52-50(31-38)55-46-24-10-9-21-44(46)45-28-27-41(33-49(45)55)56-40-20-13-19-39(32-40)53-34-54(48-26-12-11-25-47(48)53)51-42(36-15-5-3-6-16-36)22-14-23-43(51)37-17-7-4-8-18-37;/h3-31,35H,1-2H3;/q-2;. The molecule has 0 spiro atoms. The number of para-hydroxylation sites is 4. The van der Waals surface area contributed by atoms with Gasteiger partial charge in [-0.1, -0.05) is 141 Å². The van der Waals surface area contributed by atoms with Gasteiger partial charge in [-0.25, -0.2) is 4.98 Å². The van der Waals surface area contributed by atoms with Gasteiger partial charge in [0, 0.05) is 44.3 Å². The SMILES string of the molecule is CC(C)c1ccnc(-n2c3[c-]c(Oc4[c-]c(-n5[c-][n+](-c6c(-c7ccccc7)cccc6-c6ccccc6)c6ccccc65)ccc4)ccc3c3ccccc32)c1.[Pt]. The van der Waals surface area contributed by atoms with Gasteiger partial charge in [0.15, 0.2) is 0 Å². The molecule has 0 fully saturated rings. The summed E-state index contributed by atoms with van der Waals surface area (Å²) in [5.74, 6) is 2.41. The number of hydrogen-bond acceptors (Lipinski definition) is 2. The van der Waals surface area contributed by atoms with Gasteiger partial charge in [-0.2, -0.15) is 18.2 Å². The molecule has 0 N–H and O–H groups in total. The van der Waals surface area contributed by atoms with Crippen LogP contribution in [0.1, 0.15) is 25.3 Å². The molecule has 0 saturated carbocycles. The molecule has 10 rings (SSSR count). The normalized spacial score (nSPS) is 11.4. The molecule has 0 aliphatic heterocycles. The molecule has 0 bridgehead atoms. The van der Waals surface area contributed by atoms with Crippen LogP contribution in [0, 0.1) is 18.5 Å². The molecule has 0 radical (unpaired) electrons. The third-order valence-electron chi connectivity index (χ3n) is 10.4. The van der Waals surface area contributed by atoms with Crippen molar-refractivity contribution in [2.24, 2.45) is 0 Å². The summed E-state index contributed by atoms with van der Waals surface area (Å²) in [6.45, 7) is 4.40. The van der Waals surface area contributed by atoms with Crippen molar-refractivity contribution in [1.29, 1.82) is 0 Å². The smallest absolute Gasteiger partial charge is 0.268 e. The minimum atomic E-state index is 0. The van der Waals surface area contributed by atoms with Crippen LogP contribution in [0.4, 0.5) is 0 Å². The monoisotopic (exact) mass is 915 g/mol. The van der Waals surface area contributed by atoms with Gasteiger partial charge in [-0.3, -0.25) is 4.57 Å². The number of hydrogen-bond donors (Lipinski definition) is 0. The number of ether oxygens (including phenoxy) is 1. The molecule has 0 unspecified atom stereocenters. The van der Waals surface area contributed by atoms with E-state index >= 15 is 0 Å². The maximum absolute atomic E-state index is 6.58. The molecule has 3 aromatic heterocycles. The summed E-state index contributed by atoms with van der Waals surface area (Å²) in [6.07, 6.45) is 5.63. The first-order chi connectivity index (χ1) is 27.6. The van der Waals surface area contributed by atoms with Gasteiger partial charge in [-0.15, -0.1) is 29.7 Å². The minimum Gasteiger partial charge on any atom is -0.510 e. The van der Waals surface area contributed by atoms with Gasteiger partial charge >= 0.3 is 0 Å².